The van der Waals surface area contributed by atoms with Crippen LogP contribution in [-0.4, -0.2) is 4.98 Å². The minimum absolute atomic E-state index is 0.523. The lowest BCUT2D eigenvalue weighted by Gasteiger charge is -1.92. The Morgan fingerprint density at radius 1 is 1.67 bits per heavy atom. The van der Waals surface area contributed by atoms with Gasteiger partial charge in [-0.15, -0.1) is 0 Å². The van der Waals surface area contributed by atoms with Crippen molar-refractivity contribution in [2.24, 2.45) is 0 Å². The molecule has 0 spiro atoms. The molecule has 0 saturated carbocycles. The van der Waals surface area contributed by atoms with Crippen LogP contribution in [-0.2, 0) is 6.42 Å². The SMILES string of the molecule is CCc1c[c]cc(Cl)n1. The van der Waals surface area contributed by atoms with Crippen molar-refractivity contribution < 1.29 is 0 Å². The first-order valence-electron chi connectivity index (χ1n) is 2.85. The van der Waals surface area contributed by atoms with Crippen LogP contribution in [0.4, 0.5) is 0 Å². The van der Waals surface area contributed by atoms with Crippen molar-refractivity contribution in [3.63, 3.8) is 0 Å². The van der Waals surface area contributed by atoms with Gasteiger partial charge in [-0.05, 0) is 24.6 Å². The lowest BCUT2D eigenvalue weighted by Crippen LogP contribution is -1.84. The predicted octanol–water partition coefficient (Wildman–Crippen LogP) is 2.10. The van der Waals surface area contributed by atoms with Crippen molar-refractivity contribution in [3.05, 3.63) is 29.0 Å². The number of aromatic nitrogens is 1. The molecule has 47 valence electrons. The monoisotopic (exact) mass is 140 g/mol. The fourth-order valence-electron chi connectivity index (χ4n) is 0.589. The Morgan fingerprint density at radius 2 is 2.44 bits per heavy atom. The van der Waals surface area contributed by atoms with Gasteiger partial charge in [0.1, 0.15) is 5.15 Å². The maximum atomic E-state index is 5.58. The molecule has 9 heavy (non-hydrogen) atoms. The first-order chi connectivity index (χ1) is 4.33. The first-order valence-corrected chi connectivity index (χ1v) is 3.23. The fourth-order valence-corrected chi connectivity index (χ4v) is 0.761. The zero-order valence-electron chi connectivity index (χ0n) is 5.19. The summed E-state index contributed by atoms with van der Waals surface area (Å²) < 4.78 is 0. The molecular formula is C7H7ClN. The molecular weight excluding hydrogens is 134 g/mol. The molecule has 0 atom stereocenters. The predicted molar refractivity (Wildman–Crippen MR) is 37.5 cm³/mol. The van der Waals surface area contributed by atoms with E-state index in [4.69, 9.17) is 11.6 Å². The van der Waals surface area contributed by atoms with E-state index in [9.17, 15) is 0 Å². The second kappa shape index (κ2) is 2.83. The van der Waals surface area contributed by atoms with Crippen molar-refractivity contribution in [2.75, 3.05) is 0 Å². The highest BCUT2D eigenvalue weighted by Gasteiger charge is 1.89. The number of pyridine rings is 1. The third-order valence-electron chi connectivity index (χ3n) is 1.07. The zero-order chi connectivity index (χ0) is 6.69. The van der Waals surface area contributed by atoms with Gasteiger partial charge in [-0.3, -0.25) is 0 Å². The maximum Gasteiger partial charge on any atom is 0.129 e. The zero-order valence-corrected chi connectivity index (χ0v) is 5.94. The molecule has 0 aliphatic carbocycles. The summed E-state index contributed by atoms with van der Waals surface area (Å²) in [7, 11) is 0. The van der Waals surface area contributed by atoms with Gasteiger partial charge < -0.3 is 0 Å². The Labute approximate surface area is 59.7 Å². The highest BCUT2D eigenvalue weighted by atomic mass is 35.5. The molecule has 1 heterocycles. The van der Waals surface area contributed by atoms with Crippen LogP contribution in [0.3, 0.4) is 0 Å². The summed E-state index contributed by atoms with van der Waals surface area (Å²) in [6.07, 6.45) is 0.914. The smallest absolute Gasteiger partial charge is 0.129 e. The standard InChI is InChI=1S/C7H7ClN/c1-2-6-4-3-5-7(8)9-6/h4-5H,2H2,1H3. The molecule has 0 amide bonds. The molecule has 0 aliphatic heterocycles. The summed E-state index contributed by atoms with van der Waals surface area (Å²) >= 11 is 5.58. The molecule has 0 unspecified atom stereocenters. The van der Waals surface area contributed by atoms with E-state index in [-0.39, 0.29) is 0 Å². The normalized spacial score (nSPS) is 9.56. The molecule has 1 rings (SSSR count). The van der Waals surface area contributed by atoms with Crippen molar-refractivity contribution in [1.29, 1.82) is 0 Å². The minimum atomic E-state index is 0.523. The molecule has 0 aliphatic rings. The number of halogens is 1. The van der Waals surface area contributed by atoms with Crippen molar-refractivity contribution in [1.82, 2.24) is 4.98 Å². The number of hydrogen-bond acceptors (Lipinski definition) is 1. The molecule has 1 radical (unpaired) electrons. The Hall–Kier alpha value is -0.560. The summed E-state index contributed by atoms with van der Waals surface area (Å²) in [4.78, 5) is 4.03. The number of rotatable bonds is 1. The lowest BCUT2D eigenvalue weighted by molar-refractivity contribution is 1.03. The Morgan fingerprint density at radius 3 is 2.89 bits per heavy atom. The fraction of sp³-hybridized carbons (Fsp3) is 0.286. The van der Waals surface area contributed by atoms with Gasteiger partial charge in [-0.1, -0.05) is 18.5 Å². The minimum Gasteiger partial charge on any atom is -0.241 e. The largest absolute Gasteiger partial charge is 0.241 e. The number of hydrogen-bond donors (Lipinski definition) is 0. The van der Waals surface area contributed by atoms with E-state index in [1.165, 1.54) is 0 Å². The van der Waals surface area contributed by atoms with Crippen LogP contribution in [0.15, 0.2) is 12.1 Å². The molecule has 1 aromatic rings. The number of aryl methyl sites for hydroxylation is 1. The van der Waals surface area contributed by atoms with Crippen LogP contribution in [0.2, 0.25) is 5.15 Å². The van der Waals surface area contributed by atoms with Crippen LogP contribution in [0, 0.1) is 6.07 Å². The van der Waals surface area contributed by atoms with Crippen LogP contribution >= 0.6 is 11.6 Å². The maximum absolute atomic E-state index is 5.58. The van der Waals surface area contributed by atoms with Crippen LogP contribution in [0.1, 0.15) is 12.6 Å². The molecule has 0 N–H and O–H groups in total. The third kappa shape index (κ3) is 1.68. The Balaban J connectivity index is 2.94. The second-order valence-electron chi connectivity index (χ2n) is 1.73. The molecule has 0 saturated heterocycles. The van der Waals surface area contributed by atoms with Crippen LogP contribution in [0.25, 0.3) is 0 Å². The molecule has 0 fully saturated rings. The summed E-state index contributed by atoms with van der Waals surface area (Å²) in [5.74, 6) is 0. The van der Waals surface area contributed by atoms with Gasteiger partial charge in [0.15, 0.2) is 0 Å². The van der Waals surface area contributed by atoms with Gasteiger partial charge in [0.05, 0.1) is 0 Å². The van der Waals surface area contributed by atoms with Gasteiger partial charge >= 0.3 is 0 Å². The van der Waals surface area contributed by atoms with Crippen molar-refractivity contribution in [2.45, 2.75) is 13.3 Å². The third-order valence-corrected chi connectivity index (χ3v) is 1.26. The average molecular weight is 141 g/mol. The van der Waals surface area contributed by atoms with Gasteiger partial charge in [0, 0.05) is 5.69 Å². The molecule has 1 aromatic heterocycles. The topological polar surface area (TPSA) is 12.9 Å². The quantitative estimate of drug-likeness (QED) is 0.545. The van der Waals surface area contributed by atoms with E-state index in [0.717, 1.165) is 12.1 Å². The van der Waals surface area contributed by atoms with E-state index >= 15 is 0 Å². The Bertz CT molecular complexity index is 198. The van der Waals surface area contributed by atoms with Gasteiger partial charge in [0.2, 0.25) is 0 Å². The van der Waals surface area contributed by atoms with Gasteiger partial charge in [-0.2, -0.15) is 0 Å². The lowest BCUT2D eigenvalue weighted by atomic mass is 10.3. The molecule has 0 aromatic carbocycles. The van der Waals surface area contributed by atoms with Gasteiger partial charge in [-0.25, -0.2) is 4.98 Å². The van der Waals surface area contributed by atoms with E-state index in [0.29, 0.717) is 5.15 Å². The Kier molecular flexibility index (Phi) is 2.06. The summed E-state index contributed by atoms with van der Waals surface area (Å²) in [5.41, 5.74) is 0.988. The summed E-state index contributed by atoms with van der Waals surface area (Å²) in [5, 5.41) is 0.523. The van der Waals surface area contributed by atoms with Crippen LogP contribution in [0.5, 0.6) is 0 Å². The first kappa shape index (κ1) is 6.56. The molecule has 1 nitrogen and oxygen atoms in total. The van der Waals surface area contributed by atoms with E-state index in [1.807, 2.05) is 13.0 Å². The second-order valence-corrected chi connectivity index (χ2v) is 2.12. The highest BCUT2D eigenvalue weighted by Crippen LogP contribution is 2.03. The average Bonchev–Trinajstić information content (AvgIpc) is 1.88. The van der Waals surface area contributed by atoms with Gasteiger partial charge in [0.25, 0.3) is 0 Å². The molecule has 0 bridgehead atoms. The summed E-state index contributed by atoms with van der Waals surface area (Å²) in [6, 6.07) is 6.38. The summed E-state index contributed by atoms with van der Waals surface area (Å²) in [6.45, 7) is 2.03. The van der Waals surface area contributed by atoms with E-state index in [1.54, 1.807) is 6.07 Å². The molecule has 2 heteroatoms. The van der Waals surface area contributed by atoms with E-state index in [2.05, 4.69) is 11.1 Å². The van der Waals surface area contributed by atoms with Crippen molar-refractivity contribution in [3.8, 4) is 0 Å². The van der Waals surface area contributed by atoms with Crippen LogP contribution < -0.4 is 0 Å². The number of nitrogens with zero attached hydrogens (tertiary/aromatic N) is 1. The van der Waals surface area contributed by atoms with E-state index < -0.39 is 0 Å². The van der Waals surface area contributed by atoms with Crippen molar-refractivity contribution >= 4 is 11.6 Å². The highest BCUT2D eigenvalue weighted by molar-refractivity contribution is 6.29.